The van der Waals surface area contributed by atoms with Crippen LogP contribution in [-0.4, -0.2) is 44.8 Å². The number of tetrazole rings is 1. The first-order valence-corrected chi connectivity index (χ1v) is 11.5. The third-order valence-electron chi connectivity index (χ3n) is 6.40. The molecule has 3 aromatic heterocycles. The number of nitrogens with zero attached hydrogens (tertiary/aromatic N) is 7. The molecule has 6 rings (SSSR count). The molecule has 3 heterocycles. The molecule has 0 saturated heterocycles. The second-order valence-electron chi connectivity index (χ2n) is 8.55. The Morgan fingerprint density at radius 3 is 2.53 bits per heavy atom. The molecular formula is C26H20ClN7O2. The van der Waals surface area contributed by atoms with Gasteiger partial charge in [0.1, 0.15) is 0 Å². The number of imidazole rings is 1. The summed E-state index contributed by atoms with van der Waals surface area (Å²) in [5.41, 5.74) is 3.18. The molecule has 0 spiro atoms. The molecule has 0 amide bonds. The Bertz CT molecular complexity index is 1730. The van der Waals surface area contributed by atoms with Crippen LogP contribution in [0.2, 0.25) is 5.02 Å². The highest BCUT2D eigenvalue weighted by molar-refractivity contribution is 6.30. The van der Waals surface area contributed by atoms with Crippen molar-refractivity contribution in [1.29, 1.82) is 0 Å². The maximum Gasteiger partial charge on any atom is 0.274 e. The van der Waals surface area contributed by atoms with Gasteiger partial charge in [-0.05, 0) is 51.4 Å². The van der Waals surface area contributed by atoms with Crippen molar-refractivity contribution in [2.24, 2.45) is 7.05 Å². The molecule has 9 nitrogen and oxygen atoms in total. The molecule has 1 unspecified atom stereocenters. The second kappa shape index (κ2) is 8.49. The lowest BCUT2D eigenvalue weighted by atomic mass is 9.82. The van der Waals surface area contributed by atoms with Gasteiger partial charge in [-0.1, -0.05) is 59.2 Å². The summed E-state index contributed by atoms with van der Waals surface area (Å²) in [4.78, 5) is 8.96. The number of hydrogen-bond acceptors (Lipinski definition) is 7. The van der Waals surface area contributed by atoms with E-state index in [9.17, 15) is 10.2 Å². The lowest BCUT2D eigenvalue weighted by Gasteiger charge is -2.30. The minimum absolute atomic E-state index is 0.0863. The van der Waals surface area contributed by atoms with Gasteiger partial charge in [-0.15, -0.1) is 0 Å². The molecule has 0 fully saturated rings. The molecule has 0 bridgehead atoms. The van der Waals surface area contributed by atoms with E-state index in [1.165, 1.54) is 0 Å². The summed E-state index contributed by atoms with van der Waals surface area (Å²) in [5, 5.41) is 35.1. The summed E-state index contributed by atoms with van der Waals surface area (Å²) in [6, 6.07) is 20.2. The van der Waals surface area contributed by atoms with E-state index in [-0.39, 0.29) is 6.61 Å². The normalized spacial score (nSPS) is 13.3. The first-order valence-electron chi connectivity index (χ1n) is 11.2. The Morgan fingerprint density at radius 2 is 1.81 bits per heavy atom. The first-order chi connectivity index (χ1) is 17.5. The molecule has 6 aromatic rings. The number of aliphatic hydroxyl groups excluding tert-OH is 1. The average molecular weight is 498 g/mol. The quantitative estimate of drug-likeness (QED) is 0.374. The summed E-state index contributed by atoms with van der Waals surface area (Å²) < 4.78 is 3.34. The van der Waals surface area contributed by atoms with E-state index in [1.54, 1.807) is 39.8 Å². The summed E-state index contributed by atoms with van der Waals surface area (Å²) in [5.74, 6) is 0.353. The van der Waals surface area contributed by atoms with E-state index in [0.29, 0.717) is 33.3 Å². The lowest BCUT2D eigenvalue weighted by molar-refractivity contribution is 0.117. The van der Waals surface area contributed by atoms with Gasteiger partial charge < -0.3 is 14.8 Å². The SMILES string of the molecule is Cn1cncc1C(O)(c1ccc(CO)cc1)c1ccc2c(c1)c(-c1cccc(Cl)c1)nc1nnnn12. The van der Waals surface area contributed by atoms with Crippen molar-refractivity contribution in [3.05, 3.63) is 107 Å². The van der Waals surface area contributed by atoms with Crippen LogP contribution in [0.4, 0.5) is 0 Å². The molecule has 0 aliphatic rings. The monoisotopic (exact) mass is 497 g/mol. The highest BCUT2D eigenvalue weighted by Gasteiger charge is 2.37. The van der Waals surface area contributed by atoms with Crippen molar-refractivity contribution in [2.75, 3.05) is 0 Å². The standard InChI is InChI=1S/C26H20ClN7O2/c1-33-15-28-13-23(33)26(36,18-7-5-16(14-35)6-8-18)19-9-10-22-21(12-19)24(17-3-2-4-20(27)11-17)29-25-30-31-32-34(22)25/h2-13,15,35-36H,14H2,1H3. The molecular weight excluding hydrogens is 478 g/mol. The molecule has 10 heteroatoms. The number of aryl methyl sites for hydroxylation is 1. The van der Waals surface area contributed by atoms with Crippen LogP contribution >= 0.6 is 11.6 Å². The van der Waals surface area contributed by atoms with Crippen molar-refractivity contribution in [2.45, 2.75) is 12.2 Å². The number of halogens is 1. The van der Waals surface area contributed by atoms with Gasteiger partial charge >= 0.3 is 0 Å². The maximum absolute atomic E-state index is 12.4. The van der Waals surface area contributed by atoms with Crippen LogP contribution in [0.5, 0.6) is 0 Å². The van der Waals surface area contributed by atoms with E-state index in [4.69, 9.17) is 16.6 Å². The fraction of sp³-hybridized carbons (Fsp3) is 0.115. The molecule has 3 aromatic carbocycles. The largest absolute Gasteiger partial charge is 0.392 e. The molecule has 0 aliphatic carbocycles. The average Bonchev–Trinajstić information content (AvgIpc) is 3.56. The molecule has 0 radical (unpaired) electrons. The minimum atomic E-state index is -1.55. The predicted molar refractivity (Wildman–Crippen MR) is 134 cm³/mol. The lowest BCUT2D eigenvalue weighted by Crippen LogP contribution is -2.31. The van der Waals surface area contributed by atoms with Crippen LogP contribution in [0.15, 0.2) is 79.3 Å². The molecule has 0 saturated carbocycles. The van der Waals surface area contributed by atoms with Gasteiger partial charge in [0.15, 0.2) is 5.60 Å². The Labute approximate surface area is 210 Å². The third kappa shape index (κ3) is 3.44. The summed E-state index contributed by atoms with van der Waals surface area (Å²) in [7, 11) is 1.83. The van der Waals surface area contributed by atoms with Gasteiger partial charge in [-0.25, -0.2) is 9.97 Å². The predicted octanol–water partition coefficient (Wildman–Crippen LogP) is 3.50. The Kier molecular flexibility index (Phi) is 5.26. The highest BCUT2D eigenvalue weighted by Crippen LogP contribution is 2.39. The van der Waals surface area contributed by atoms with Gasteiger partial charge in [-0.3, -0.25) is 0 Å². The number of aliphatic hydroxyl groups is 2. The molecule has 2 N–H and O–H groups in total. The molecule has 0 aliphatic heterocycles. The van der Waals surface area contributed by atoms with Crippen molar-refractivity contribution in [1.82, 2.24) is 34.6 Å². The van der Waals surface area contributed by atoms with E-state index < -0.39 is 5.60 Å². The van der Waals surface area contributed by atoms with Gasteiger partial charge in [0, 0.05) is 23.0 Å². The van der Waals surface area contributed by atoms with E-state index in [0.717, 1.165) is 22.0 Å². The van der Waals surface area contributed by atoms with Gasteiger partial charge in [-0.2, -0.15) is 4.52 Å². The summed E-state index contributed by atoms with van der Waals surface area (Å²) >= 11 is 6.30. The van der Waals surface area contributed by atoms with Crippen molar-refractivity contribution < 1.29 is 10.2 Å². The van der Waals surface area contributed by atoms with Gasteiger partial charge in [0.05, 0.1) is 36.0 Å². The number of aromatic nitrogens is 7. The van der Waals surface area contributed by atoms with Crippen LogP contribution in [0.3, 0.4) is 0 Å². The first kappa shape index (κ1) is 22.3. The van der Waals surface area contributed by atoms with Crippen LogP contribution in [0.25, 0.3) is 27.9 Å². The topological polar surface area (TPSA) is 114 Å². The van der Waals surface area contributed by atoms with Gasteiger partial charge in [0.25, 0.3) is 5.78 Å². The second-order valence-corrected chi connectivity index (χ2v) is 8.99. The van der Waals surface area contributed by atoms with Crippen LogP contribution in [0, 0.1) is 0 Å². The number of rotatable bonds is 5. The zero-order valence-corrected chi connectivity index (χ0v) is 19.9. The van der Waals surface area contributed by atoms with Crippen molar-refractivity contribution >= 4 is 28.3 Å². The Hall–Kier alpha value is -4.18. The van der Waals surface area contributed by atoms with Crippen LogP contribution < -0.4 is 0 Å². The number of fused-ring (bicyclic) bond motifs is 3. The highest BCUT2D eigenvalue weighted by atomic mass is 35.5. The zero-order chi connectivity index (χ0) is 24.9. The molecule has 1 atom stereocenters. The fourth-order valence-electron chi connectivity index (χ4n) is 4.58. The third-order valence-corrected chi connectivity index (χ3v) is 6.64. The van der Waals surface area contributed by atoms with Crippen LogP contribution in [-0.2, 0) is 19.3 Å². The molecule has 36 heavy (non-hydrogen) atoms. The smallest absolute Gasteiger partial charge is 0.274 e. The minimum Gasteiger partial charge on any atom is -0.392 e. The molecule has 178 valence electrons. The van der Waals surface area contributed by atoms with E-state index in [1.807, 2.05) is 55.6 Å². The number of benzene rings is 3. The van der Waals surface area contributed by atoms with Crippen molar-refractivity contribution in [3.63, 3.8) is 0 Å². The maximum atomic E-state index is 12.4. The Balaban J connectivity index is 1.66. The Morgan fingerprint density at radius 1 is 1.00 bits per heavy atom. The zero-order valence-electron chi connectivity index (χ0n) is 19.1. The number of hydrogen-bond donors (Lipinski definition) is 2. The van der Waals surface area contributed by atoms with Gasteiger partial charge in [0.2, 0.25) is 0 Å². The van der Waals surface area contributed by atoms with E-state index in [2.05, 4.69) is 20.5 Å². The summed E-state index contributed by atoms with van der Waals surface area (Å²) in [6.45, 7) is -0.0863. The van der Waals surface area contributed by atoms with E-state index >= 15 is 0 Å². The van der Waals surface area contributed by atoms with Crippen LogP contribution in [0.1, 0.15) is 22.4 Å². The fourth-order valence-corrected chi connectivity index (χ4v) is 4.77. The van der Waals surface area contributed by atoms with Crippen molar-refractivity contribution in [3.8, 4) is 11.3 Å². The summed E-state index contributed by atoms with van der Waals surface area (Å²) in [6.07, 6.45) is 3.29.